The van der Waals surface area contributed by atoms with Gasteiger partial charge in [0.2, 0.25) is 0 Å². The molecule has 0 aromatic rings. The van der Waals surface area contributed by atoms with E-state index in [2.05, 4.69) is 0 Å². The summed E-state index contributed by atoms with van der Waals surface area (Å²) in [7, 11) is 0. The molecule has 0 saturated carbocycles. The first-order chi connectivity index (χ1) is 4.95. The summed E-state index contributed by atoms with van der Waals surface area (Å²) in [4.78, 5) is 19.3. The number of rotatable bonds is 3. The second-order valence-corrected chi connectivity index (χ2v) is 3.00. The van der Waals surface area contributed by atoms with Gasteiger partial charge in [-0.2, -0.15) is 0 Å². The number of aliphatic carboxylic acids is 1. The lowest BCUT2D eigenvalue weighted by atomic mass is 10.4. The summed E-state index contributed by atoms with van der Waals surface area (Å²) in [5, 5.41) is 7.56. The lowest BCUT2D eigenvalue weighted by molar-refractivity contribution is -0.132. The predicted octanol–water partition coefficient (Wildman–Crippen LogP) is 1.57. The van der Waals surface area contributed by atoms with E-state index in [1.807, 2.05) is 0 Å². The molecule has 0 heterocycles. The Morgan fingerprint density at radius 3 is 2.09 bits per heavy atom. The van der Waals surface area contributed by atoms with Gasteiger partial charge in [-0.05, 0) is 0 Å². The molecular formula is C5H3Cl3O3. The molecule has 3 nitrogen and oxygen atoms in total. The number of halogens is 3. The van der Waals surface area contributed by atoms with Gasteiger partial charge in [-0.25, -0.2) is 4.79 Å². The van der Waals surface area contributed by atoms with Crippen molar-refractivity contribution in [3.8, 4) is 0 Å². The summed E-state index contributed by atoms with van der Waals surface area (Å²) in [5.41, 5.74) is 0. The van der Waals surface area contributed by atoms with Crippen molar-refractivity contribution in [3.63, 3.8) is 0 Å². The fraction of sp³-hybridized carbons (Fsp3) is 0.200. The molecule has 1 N–H and O–H groups in total. The Kier molecular flexibility index (Phi) is 4.49. The average molecular weight is 217 g/mol. The van der Waals surface area contributed by atoms with Gasteiger partial charge in [0, 0.05) is 6.08 Å². The van der Waals surface area contributed by atoms with Crippen LogP contribution in [0.2, 0.25) is 0 Å². The van der Waals surface area contributed by atoms with Crippen LogP contribution < -0.4 is 0 Å². The molecule has 0 aromatic heterocycles. The first kappa shape index (κ1) is 10.8. The van der Waals surface area contributed by atoms with E-state index < -0.39 is 21.6 Å². The van der Waals surface area contributed by atoms with Crippen LogP contribution in [0.25, 0.3) is 0 Å². The summed E-state index contributed by atoms with van der Waals surface area (Å²) < 4.78 is 0. The van der Waals surface area contributed by atoms with Gasteiger partial charge in [0.25, 0.3) is 0 Å². The lowest BCUT2D eigenvalue weighted by Gasteiger charge is -1.92. The van der Waals surface area contributed by atoms with Crippen molar-refractivity contribution < 1.29 is 14.7 Å². The van der Waals surface area contributed by atoms with Crippen LogP contribution in [-0.2, 0) is 9.59 Å². The molecule has 0 rings (SSSR count). The molecule has 0 aliphatic carbocycles. The summed E-state index contributed by atoms with van der Waals surface area (Å²) in [5.74, 6) is -2.14. The standard InChI is InChI=1S/C5H3Cl3O3/c6-2(5(10)11)1-3(9)4(7)8/h1,4H,(H,10,11)/b2-1-. The number of allylic oxidation sites excluding steroid dienone is 1. The molecule has 0 saturated heterocycles. The van der Waals surface area contributed by atoms with Gasteiger partial charge < -0.3 is 5.11 Å². The Hall–Kier alpha value is -0.250. The smallest absolute Gasteiger partial charge is 0.347 e. The van der Waals surface area contributed by atoms with Crippen LogP contribution in [0, 0.1) is 0 Å². The zero-order chi connectivity index (χ0) is 9.02. The third kappa shape index (κ3) is 4.24. The number of carbonyl (C=O) groups excluding carboxylic acids is 1. The van der Waals surface area contributed by atoms with Gasteiger partial charge in [0.15, 0.2) is 10.6 Å². The van der Waals surface area contributed by atoms with Crippen LogP contribution in [0.15, 0.2) is 11.1 Å². The van der Waals surface area contributed by atoms with E-state index in [1.54, 1.807) is 0 Å². The molecule has 0 aliphatic rings. The Morgan fingerprint density at radius 1 is 1.36 bits per heavy atom. The van der Waals surface area contributed by atoms with Crippen LogP contribution in [0.4, 0.5) is 0 Å². The molecule has 0 spiro atoms. The number of alkyl halides is 2. The molecule has 0 amide bonds. The van der Waals surface area contributed by atoms with E-state index in [0.29, 0.717) is 6.08 Å². The van der Waals surface area contributed by atoms with Crippen molar-refractivity contribution in [2.75, 3.05) is 0 Å². The minimum Gasteiger partial charge on any atom is -0.477 e. The number of hydrogen-bond acceptors (Lipinski definition) is 2. The van der Waals surface area contributed by atoms with Crippen molar-refractivity contribution in [2.45, 2.75) is 4.84 Å². The minimum atomic E-state index is -1.39. The molecule has 0 atom stereocenters. The van der Waals surface area contributed by atoms with Crippen LogP contribution >= 0.6 is 34.8 Å². The van der Waals surface area contributed by atoms with Crippen LogP contribution in [0.3, 0.4) is 0 Å². The minimum absolute atomic E-state index is 0.610. The average Bonchev–Trinajstić information content (AvgIpc) is 1.87. The fourth-order valence-electron chi connectivity index (χ4n) is 0.250. The third-order valence-electron chi connectivity index (χ3n) is 0.688. The maximum Gasteiger partial charge on any atom is 0.347 e. The molecular weight excluding hydrogens is 214 g/mol. The van der Waals surface area contributed by atoms with Crippen molar-refractivity contribution >= 4 is 46.6 Å². The summed E-state index contributed by atoms with van der Waals surface area (Å²) in [6.45, 7) is 0. The molecule has 0 aliphatic heterocycles. The maximum absolute atomic E-state index is 10.6. The van der Waals surface area contributed by atoms with E-state index in [0.717, 1.165) is 0 Å². The van der Waals surface area contributed by atoms with Crippen molar-refractivity contribution in [1.82, 2.24) is 0 Å². The Morgan fingerprint density at radius 2 is 1.82 bits per heavy atom. The second-order valence-electron chi connectivity index (χ2n) is 1.50. The van der Waals surface area contributed by atoms with Gasteiger partial charge in [-0.1, -0.05) is 34.8 Å². The molecule has 0 radical (unpaired) electrons. The van der Waals surface area contributed by atoms with Gasteiger partial charge in [0.1, 0.15) is 5.03 Å². The molecule has 11 heavy (non-hydrogen) atoms. The molecule has 0 aromatic carbocycles. The topological polar surface area (TPSA) is 54.4 Å². The summed E-state index contributed by atoms with van der Waals surface area (Å²) in [6, 6.07) is 0. The van der Waals surface area contributed by atoms with Crippen LogP contribution in [-0.4, -0.2) is 21.7 Å². The predicted molar refractivity (Wildman–Crippen MR) is 42.1 cm³/mol. The van der Waals surface area contributed by atoms with Gasteiger partial charge in [-0.15, -0.1) is 0 Å². The van der Waals surface area contributed by atoms with Gasteiger partial charge in [-0.3, -0.25) is 4.79 Å². The molecule has 62 valence electrons. The van der Waals surface area contributed by atoms with E-state index >= 15 is 0 Å². The molecule has 6 heteroatoms. The quantitative estimate of drug-likeness (QED) is 0.577. The zero-order valence-corrected chi connectivity index (χ0v) is 7.32. The fourth-order valence-corrected chi connectivity index (χ4v) is 0.483. The van der Waals surface area contributed by atoms with Gasteiger partial charge in [0.05, 0.1) is 0 Å². The van der Waals surface area contributed by atoms with Crippen molar-refractivity contribution in [3.05, 3.63) is 11.1 Å². The van der Waals surface area contributed by atoms with E-state index in [9.17, 15) is 9.59 Å². The van der Waals surface area contributed by atoms with Crippen LogP contribution in [0.5, 0.6) is 0 Å². The Labute approximate surface area is 77.5 Å². The number of carboxylic acids is 1. The Balaban J connectivity index is 4.32. The number of hydrogen-bond donors (Lipinski definition) is 1. The van der Waals surface area contributed by atoms with E-state index in [4.69, 9.17) is 39.9 Å². The summed E-state index contributed by atoms with van der Waals surface area (Å²) in [6.07, 6.45) is 0.661. The highest BCUT2D eigenvalue weighted by atomic mass is 35.5. The highest BCUT2D eigenvalue weighted by Gasteiger charge is 2.12. The SMILES string of the molecule is O=C(O)/C(Cl)=C/C(=O)C(Cl)Cl. The zero-order valence-electron chi connectivity index (χ0n) is 5.05. The normalized spacial score (nSPS) is 11.8. The first-order valence-electron chi connectivity index (χ1n) is 2.37. The highest BCUT2D eigenvalue weighted by molar-refractivity contribution is 6.55. The second kappa shape index (κ2) is 4.59. The molecule has 0 unspecified atom stereocenters. The number of carbonyl (C=O) groups is 2. The largest absolute Gasteiger partial charge is 0.477 e. The van der Waals surface area contributed by atoms with Crippen molar-refractivity contribution in [2.24, 2.45) is 0 Å². The highest BCUT2D eigenvalue weighted by Crippen LogP contribution is 2.08. The number of ketones is 1. The monoisotopic (exact) mass is 216 g/mol. The third-order valence-corrected chi connectivity index (χ3v) is 1.39. The lowest BCUT2D eigenvalue weighted by Crippen LogP contribution is -2.06. The Bertz CT molecular complexity index is 209. The van der Waals surface area contributed by atoms with E-state index in [-0.39, 0.29) is 0 Å². The van der Waals surface area contributed by atoms with E-state index in [1.165, 1.54) is 0 Å². The molecule has 0 fully saturated rings. The molecule has 0 bridgehead atoms. The maximum atomic E-state index is 10.6. The van der Waals surface area contributed by atoms with Gasteiger partial charge >= 0.3 is 5.97 Å². The first-order valence-corrected chi connectivity index (χ1v) is 3.62. The number of carboxylic acid groups (broad SMARTS) is 1. The summed E-state index contributed by atoms with van der Waals surface area (Å²) >= 11 is 15.3. The van der Waals surface area contributed by atoms with Crippen LogP contribution in [0.1, 0.15) is 0 Å². The van der Waals surface area contributed by atoms with Crippen molar-refractivity contribution in [1.29, 1.82) is 0 Å².